The zero-order chi connectivity index (χ0) is 13.3. The molecule has 0 spiro atoms. The molecule has 0 atom stereocenters. The number of rotatable bonds is 4. The molecule has 0 saturated heterocycles. The first-order valence-electron chi connectivity index (χ1n) is 5.36. The Bertz CT molecular complexity index is 575. The molecule has 0 fully saturated rings. The van der Waals surface area contributed by atoms with Crippen LogP contribution < -0.4 is 4.90 Å². The fourth-order valence-corrected chi connectivity index (χ4v) is 2.50. The van der Waals surface area contributed by atoms with Gasteiger partial charge in [-0.1, -0.05) is 0 Å². The van der Waals surface area contributed by atoms with Gasteiger partial charge < -0.3 is 10.0 Å². The van der Waals surface area contributed by atoms with E-state index in [1.165, 1.54) is 11.3 Å². The second kappa shape index (κ2) is 4.77. The first-order chi connectivity index (χ1) is 8.47. The molecule has 96 valence electrons. The molecular formula is C11H14N4O2S. The molecule has 0 amide bonds. The molecular weight excluding hydrogens is 252 g/mol. The molecule has 1 N–H and O–H groups in total. The van der Waals surface area contributed by atoms with Crippen molar-refractivity contribution in [2.24, 2.45) is 7.05 Å². The Hall–Kier alpha value is -1.89. The lowest BCUT2D eigenvalue weighted by atomic mass is 10.3. The number of aromatic nitrogens is 3. The van der Waals surface area contributed by atoms with E-state index in [2.05, 4.69) is 10.1 Å². The van der Waals surface area contributed by atoms with Crippen LogP contribution >= 0.6 is 11.3 Å². The van der Waals surface area contributed by atoms with E-state index >= 15 is 0 Å². The number of nitrogens with zero attached hydrogens (tertiary/aromatic N) is 4. The third-order valence-corrected chi connectivity index (χ3v) is 3.58. The van der Waals surface area contributed by atoms with E-state index in [1.807, 2.05) is 25.2 Å². The van der Waals surface area contributed by atoms with E-state index in [4.69, 9.17) is 5.11 Å². The standard InChI is InChI=1S/C11H14N4O2S/c1-7-9(10(16)17)13-11(18-7)14(2)5-8-4-12-15(3)6-8/h4,6H,5H2,1-3H3,(H,16,17). The van der Waals surface area contributed by atoms with Crippen molar-refractivity contribution in [1.82, 2.24) is 14.8 Å². The van der Waals surface area contributed by atoms with Gasteiger partial charge in [-0.05, 0) is 6.92 Å². The van der Waals surface area contributed by atoms with Gasteiger partial charge in [0.25, 0.3) is 0 Å². The molecule has 6 nitrogen and oxygen atoms in total. The second-order valence-electron chi connectivity index (χ2n) is 4.08. The van der Waals surface area contributed by atoms with Crippen LogP contribution in [0, 0.1) is 6.92 Å². The van der Waals surface area contributed by atoms with Gasteiger partial charge in [0.2, 0.25) is 0 Å². The molecule has 0 aromatic carbocycles. The first-order valence-corrected chi connectivity index (χ1v) is 6.18. The molecule has 2 aromatic heterocycles. The fraction of sp³-hybridized carbons (Fsp3) is 0.364. The summed E-state index contributed by atoms with van der Waals surface area (Å²) in [6.45, 7) is 2.42. The van der Waals surface area contributed by atoms with Gasteiger partial charge in [-0.25, -0.2) is 9.78 Å². The topological polar surface area (TPSA) is 71.2 Å². The number of aryl methyl sites for hydroxylation is 2. The molecule has 0 aliphatic rings. The van der Waals surface area contributed by atoms with E-state index in [0.717, 1.165) is 10.4 Å². The van der Waals surface area contributed by atoms with Gasteiger partial charge in [-0.3, -0.25) is 4.68 Å². The normalized spacial score (nSPS) is 10.6. The van der Waals surface area contributed by atoms with E-state index in [9.17, 15) is 4.79 Å². The number of carboxylic acid groups (broad SMARTS) is 1. The molecule has 2 rings (SSSR count). The second-order valence-corrected chi connectivity index (χ2v) is 5.27. The van der Waals surface area contributed by atoms with Crippen molar-refractivity contribution in [2.45, 2.75) is 13.5 Å². The predicted molar refractivity (Wildman–Crippen MR) is 69.1 cm³/mol. The maximum atomic E-state index is 10.9. The average molecular weight is 266 g/mol. The predicted octanol–water partition coefficient (Wildman–Crippen LogP) is 1.52. The van der Waals surface area contributed by atoms with Crippen molar-refractivity contribution in [1.29, 1.82) is 0 Å². The van der Waals surface area contributed by atoms with Gasteiger partial charge in [0.05, 0.1) is 6.20 Å². The summed E-state index contributed by atoms with van der Waals surface area (Å²) in [4.78, 5) is 17.7. The third-order valence-electron chi connectivity index (χ3n) is 2.49. The Labute approximate surface area is 108 Å². The summed E-state index contributed by atoms with van der Waals surface area (Å²) in [7, 11) is 3.75. The number of hydrogen-bond acceptors (Lipinski definition) is 5. The number of aromatic carboxylic acids is 1. The molecule has 2 heterocycles. The van der Waals surface area contributed by atoms with Crippen molar-refractivity contribution in [3.63, 3.8) is 0 Å². The van der Waals surface area contributed by atoms with Gasteiger partial charge in [0, 0.05) is 37.3 Å². The molecule has 0 aliphatic heterocycles. The summed E-state index contributed by atoms with van der Waals surface area (Å²) in [6.07, 6.45) is 3.71. The lowest BCUT2D eigenvalue weighted by Crippen LogP contribution is -2.16. The molecule has 0 saturated carbocycles. The van der Waals surface area contributed by atoms with Crippen molar-refractivity contribution in [3.8, 4) is 0 Å². The minimum Gasteiger partial charge on any atom is -0.476 e. The highest BCUT2D eigenvalue weighted by molar-refractivity contribution is 7.15. The summed E-state index contributed by atoms with van der Waals surface area (Å²) in [5, 5.41) is 13.8. The number of hydrogen-bond donors (Lipinski definition) is 1. The first kappa shape index (κ1) is 12.6. The molecule has 0 aliphatic carbocycles. The zero-order valence-corrected chi connectivity index (χ0v) is 11.2. The van der Waals surface area contributed by atoms with Crippen LogP contribution in [0.2, 0.25) is 0 Å². The highest BCUT2D eigenvalue weighted by Crippen LogP contribution is 2.25. The molecule has 0 unspecified atom stereocenters. The third kappa shape index (κ3) is 2.51. The summed E-state index contributed by atoms with van der Waals surface area (Å²) in [6, 6.07) is 0. The highest BCUT2D eigenvalue weighted by atomic mass is 32.1. The van der Waals surface area contributed by atoms with Gasteiger partial charge in [0.1, 0.15) is 0 Å². The number of thiazole rings is 1. The average Bonchev–Trinajstić information content (AvgIpc) is 2.85. The Morgan fingerprint density at radius 2 is 2.33 bits per heavy atom. The SMILES string of the molecule is Cc1sc(N(C)Cc2cnn(C)c2)nc1C(=O)O. The molecule has 18 heavy (non-hydrogen) atoms. The van der Waals surface area contributed by atoms with Crippen molar-refractivity contribution >= 4 is 22.4 Å². The van der Waals surface area contributed by atoms with Crippen LogP contribution in [0.25, 0.3) is 0 Å². The maximum Gasteiger partial charge on any atom is 0.355 e. The van der Waals surface area contributed by atoms with Crippen LogP contribution in [0.3, 0.4) is 0 Å². The largest absolute Gasteiger partial charge is 0.476 e. The van der Waals surface area contributed by atoms with Crippen molar-refractivity contribution < 1.29 is 9.90 Å². The maximum absolute atomic E-state index is 10.9. The van der Waals surface area contributed by atoms with E-state index in [0.29, 0.717) is 11.7 Å². The van der Waals surface area contributed by atoms with Gasteiger partial charge in [-0.2, -0.15) is 5.10 Å². The van der Waals surface area contributed by atoms with Gasteiger partial charge >= 0.3 is 5.97 Å². The Morgan fingerprint density at radius 1 is 1.61 bits per heavy atom. The molecule has 0 bridgehead atoms. The van der Waals surface area contributed by atoms with Crippen LogP contribution in [0.1, 0.15) is 20.9 Å². The van der Waals surface area contributed by atoms with Crippen molar-refractivity contribution in [2.75, 3.05) is 11.9 Å². The Kier molecular flexibility index (Phi) is 3.33. The number of carboxylic acids is 1. The van der Waals surface area contributed by atoms with Gasteiger partial charge in [0.15, 0.2) is 10.8 Å². The van der Waals surface area contributed by atoms with Crippen LogP contribution in [0.4, 0.5) is 5.13 Å². The number of anilines is 1. The van der Waals surface area contributed by atoms with Crippen LogP contribution in [0.5, 0.6) is 0 Å². The lowest BCUT2D eigenvalue weighted by molar-refractivity contribution is 0.0690. The molecule has 2 aromatic rings. The molecule has 0 radical (unpaired) electrons. The zero-order valence-electron chi connectivity index (χ0n) is 10.4. The monoisotopic (exact) mass is 266 g/mol. The van der Waals surface area contributed by atoms with Crippen molar-refractivity contribution in [3.05, 3.63) is 28.5 Å². The van der Waals surface area contributed by atoms with E-state index in [-0.39, 0.29) is 5.69 Å². The quantitative estimate of drug-likeness (QED) is 0.908. The minimum atomic E-state index is -0.982. The van der Waals surface area contributed by atoms with Crippen LogP contribution in [-0.2, 0) is 13.6 Å². The van der Waals surface area contributed by atoms with E-state index < -0.39 is 5.97 Å². The fourth-order valence-electron chi connectivity index (χ4n) is 1.64. The van der Waals surface area contributed by atoms with E-state index in [1.54, 1.807) is 17.8 Å². The summed E-state index contributed by atoms with van der Waals surface area (Å²) >= 11 is 1.38. The summed E-state index contributed by atoms with van der Waals surface area (Å²) in [5.74, 6) is -0.982. The Balaban J connectivity index is 2.16. The Morgan fingerprint density at radius 3 is 2.83 bits per heavy atom. The highest BCUT2D eigenvalue weighted by Gasteiger charge is 2.16. The summed E-state index contributed by atoms with van der Waals surface area (Å²) in [5.41, 5.74) is 1.19. The smallest absolute Gasteiger partial charge is 0.355 e. The van der Waals surface area contributed by atoms with Crippen LogP contribution in [0.15, 0.2) is 12.4 Å². The van der Waals surface area contributed by atoms with Crippen LogP contribution in [-0.4, -0.2) is 32.9 Å². The lowest BCUT2D eigenvalue weighted by Gasteiger charge is -2.13. The summed E-state index contributed by atoms with van der Waals surface area (Å²) < 4.78 is 1.74. The minimum absolute atomic E-state index is 0.132. The van der Waals surface area contributed by atoms with Gasteiger partial charge in [-0.15, -0.1) is 11.3 Å². The number of carbonyl (C=O) groups is 1. The molecule has 7 heteroatoms.